The van der Waals surface area contributed by atoms with Gasteiger partial charge in [-0.05, 0) is 68.7 Å². The predicted octanol–water partition coefficient (Wildman–Crippen LogP) is 1.52. The zero-order valence-electron chi connectivity index (χ0n) is 9.00. The molecule has 2 atom stereocenters. The Hall–Kier alpha value is -0.0800. The second kappa shape index (κ2) is 2.53. The predicted molar refractivity (Wildman–Crippen MR) is 55.7 cm³/mol. The molecular weight excluding hydrogens is 174 g/mol. The van der Waals surface area contributed by atoms with Crippen LogP contribution in [0.15, 0.2) is 0 Å². The molecule has 4 fully saturated rings. The highest BCUT2D eigenvalue weighted by Gasteiger charge is 2.59. The quantitative estimate of drug-likeness (QED) is 0.666. The molecule has 0 radical (unpaired) electrons. The molecule has 0 aliphatic heterocycles. The van der Waals surface area contributed by atoms with Crippen molar-refractivity contribution in [2.75, 3.05) is 6.54 Å². The lowest BCUT2D eigenvalue weighted by molar-refractivity contribution is -0.189. The van der Waals surface area contributed by atoms with Gasteiger partial charge in [0.25, 0.3) is 0 Å². The minimum absolute atomic E-state index is 0.379. The van der Waals surface area contributed by atoms with E-state index in [2.05, 4.69) is 6.92 Å². The highest BCUT2D eigenvalue weighted by atomic mass is 16.3. The molecule has 0 aromatic heterocycles. The Labute approximate surface area is 85.9 Å². The standard InChI is InChI=1S/C12H21NO/c1-11(14)9-2-8-3-10(11)6-12(4-8,5-9)7-13/h8-10,14H,2-7,13H2,1H3. The zero-order valence-corrected chi connectivity index (χ0v) is 9.00. The Morgan fingerprint density at radius 3 is 2.29 bits per heavy atom. The highest BCUT2D eigenvalue weighted by molar-refractivity contribution is 5.10. The van der Waals surface area contributed by atoms with Crippen LogP contribution in [0.2, 0.25) is 0 Å². The third kappa shape index (κ3) is 0.989. The van der Waals surface area contributed by atoms with Crippen molar-refractivity contribution in [3.8, 4) is 0 Å². The number of nitrogens with two attached hydrogens (primary N) is 1. The second-order valence-corrected chi connectivity index (χ2v) is 6.27. The fraction of sp³-hybridized carbons (Fsp3) is 1.00. The summed E-state index contributed by atoms with van der Waals surface area (Å²) < 4.78 is 0. The third-order valence-corrected chi connectivity index (χ3v) is 5.40. The van der Waals surface area contributed by atoms with Crippen LogP contribution in [0.4, 0.5) is 0 Å². The minimum Gasteiger partial charge on any atom is -0.390 e. The Kier molecular flexibility index (Phi) is 1.66. The maximum absolute atomic E-state index is 10.5. The van der Waals surface area contributed by atoms with Gasteiger partial charge in [-0.25, -0.2) is 0 Å². The molecule has 0 heterocycles. The lowest BCUT2D eigenvalue weighted by Crippen LogP contribution is -2.61. The molecule has 4 aliphatic carbocycles. The van der Waals surface area contributed by atoms with Gasteiger partial charge in [0, 0.05) is 0 Å². The van der Waals surface area contributed by atoms with Crippen LogP contribution in [0, 0.1) is 23.2 Å². The van der Waals surface area contributed by atoms with E-state index in [0.717, 1.165) is 12.5 Å². The first-order chi connectivity index (χ1) is 6.56. The van der Waals surface area contributed by atoms with Crippen molar-refractivity contribution in [3.05, 3.63) is 0 Å². The topological polar surface area (TPSA) is 46.2 Å². The van der Waals surface area contributed by atoms with Gasteiger partial charge in [-0.2, -0.15) is 0 Å². The number of aliphatic hydroxyl groups is 1. The summed E-state index contributed by atoms with van der Waals surface area (Å²) in [5, 5.41) is 10.5. The summed E-state index contributed by atoms with van der Waals surface area (Å²) >= 11 is 0. The molecule has 4 rings (SSSR count). The van der Waals surface area contributed by atoms with E-state index in [1.165, 1.54) is 32.1 Å². The summed E-state index contributed by atoms with van der Waals surface area (Å²) in [5.74, 6) is 1.95. The molecule has 0 aromatic rings. The molecule has 0 amide bonds. The fourth-order valence-corrected chi connectivity index (χ4v) is 4.62. The van der Waals surface area contributed by atoms with Gasteiger partial charge in [0.15, 0.2) is 0 Å². The van der Waals surface area contributed by atoms with E-state index in [9.17, 15) is 5.11 Å². The highest BCUT2D eigenvalue weighted by Crippen LogP contribution is 2.62. The van der Waals surface area contributed by atoms with Gasteiger partial charge in [0.2, 0.25) is 0 Å². The van der Waals surface area contributed by atoms with E-state index in [-0.39, 0.29) is 5.60 Å². The summed E-state index contributed by atoms with van der Waals surface area (Å²) in [6.07, 6.45) is 6.22. The fourth-order valence-electron chi connectivity index (χ4n) is 4.62. The number of hydrogen-bond donors (Lipinski definition) is 2. The zero-order chi connectivity index (χ0) is 9.97. The molecule has 2 heteroatoms. The molecule has 0 spiro atoms. The maximum Gasteiger partial charge on any atom is 0.0676 e. The van der Waals surface area contributed by atoms with Gasteiger partial charge in [-0.3, -0.25) is 0 Å². The van der Waals surface area contributed by atoms with Crippen LogP contribution in [-0.2, 0) is 0 Å². The monoisotopic (exact) mass is 195 g/mol. The van der Waals surface area contributed by atoms with E-state index in [4.69, 9.17) is 5.73 Å². The first kappa shape index (κ1) is 9.17. The van der Waals surface area contributed by atoms with Crippen LogP contribution in [0.25, 0.3) is 0 Å². The van der Waals surface area contributed by atoms with Crippen molar-refractivity contribution in [1.29, 1.82) is 0 Å². The van der Waals surface area contributed by atoms with Crippen molar-refractivity contribution < 1.29 is 5.11 Å². The summed E-state index contributed by atoms with van der Waals surface area (Å²) in [4.78, 5) is 0. The van der Waals surface area contributed by atoms with Crippen molar-refractivity contribution in [3.63, 3.8) is 0 Å². The molecule has 4 saturated carbocycles. The van der Waals surface area contributed by atoms with E-state index in [1.54, 1.807) is 0 Å². The van der Waals surface area contributed by atoms with Crippen LogP contribution in [-0.4, -0.2) is 17.3 Å². The number of hydrogen-bond acceptors (Lipinski definition) is 2. The van der Waals surface area contributed by atoms with Crippen molar-refractivity contribution in [1.82, 2.24) is 0 Å². The molecular formula is C12H21NO. The van der Waals surface area contributed by atoms with Gasteiger partial charge >= 0.3 is 0 Å². The molecule has 0 saturated heterocycles. The molecule has 80 valence electrons. The van der Waals surface area contributed by atoms with E-state index in [1.807, 2.05) is 0 Å². The van der Waals surface area contributed by atoms with Gasteiger partial charge in [0.05, 0.1) is 5.60 Å². The lowest BCUT2D eigenvalue weighted by atomic mass is 9.45. The largest absolute Gasteiger partial charge is 0.390 e. The Balaban J connectivity index is 1.96. The molecule has 14 heavy (non-hydrogen) atoms. The van der Waals surface area contributed by atoms with E-state index in [0.29, 0.717) is 17.3 Å². The Morgan fingerprint density at radius 1 is 1.21 bits per heavy atom. The van der Waals surface area contributed by atoms with Crippen molar-refractivity contribution in [2.24, 2.45) is 28.9 Å². The van der Waals surface area contributed by atoms with Crippen LogP contribution in [0.1, 0.15) is 39.0 Å². The SMILES string of the molecule is CC1(O)C2CC3CC1CC(CN)(C3)C2. The van der Waals surface area contributed by atoms with E-state index < -0.39 is 0 Å². The average molecular weight is 195 g/mol. The molecule has 0 aromatic carbocycles. The Morgan fingerprint density at radius 2 is 1.79 bits per heavy atom. The van der Waals surface area contributed by atoms with Crippen LogP contribution in [0.3, 0.4) is 0 Å². The third-order valence-electron chi connectivity index (χ3n) is 5.40. The van der Waals surface area contributed by atoms with E-state index >= 15 is 0 Å². The summed E-state index contributed by atoms with van der Waals surface area (Å²) in [7, 11) is 0. The van der Waals surface area contributed by atoms with Crippen LogP contribution < -0.4 is 5.73 Å². The summed E-state index contributed by atoms with van der Waals surface area (Å²) in [6.45, 7) is 2.90. The van der Waals surface area contributed by atoms with Gasteiger partial charge in [0.1, 0.15) is 0 Å². The van der Waals surface area contributed by atoms with Gasteiger partial charge < -0.3 is 10.8 Å². The summed E-state index contributed by atoms with van der Waals surface area (Å²) in [6, 6.07) is 0. The average Bonchev–Trinajstić information content (AvgIpc) is 2.14. The maximum atomic E-state index is 10.5. The minimum atomic E-state index is -0.379. The molecule has 2 nitrogen and oxygen atoms in total. The van der Waals surface area contributed by atoms with Gasteiger partial charge in [-0.1, -0.05) is 0 Å². The van der Waals surface area contributed by atoms with Crippen LogP contribution >= 0.6 is 0 Å². The summed E-state index contributed by atoms with van der Waals surface area (Å²) in [5.41, 5.74) is 5.97. The molecule has 2 unspecified atom stereocenters. The second-order valence-electron chi connectivity index (χ2n) is 6.27. The normalized spacial score (nSPS) is 60.6. The van der Waals surface area contributed by atoms with Crippen LogP contribution in [0.5, 0.6) is 0 Å². The first-order valence-electron chi connectivity index (χ1n) is 5.98. The van der Waals surface area contributed by atoms with Crippen molar-refractivity contribution >= 4 is 0 Å². The molecule has 4 aliphatic rings. The molecule has 3 N–H and O–H groups in total. The molecule has 4 bridgehead atoms. The smallest absolute Gasteiger partial charge is 0.0676 e. The van der Waals surface area contributed by atoms with Gasteiger partial charge in [-0.15, -0.1) is 0 Å². The number of rotatable bonds is 1. The van der Waals surface area contributed by atoms with Crippen molar-refractivity contribution in [2.45, 2.75) is 44.6 Å². The Bertz CT molecular complexity index is 243. The first-order valence-corrected chi connectivity index (χ1v) is 5.98. The lowest BCUT2D eigenvalue weighted by Gasteiger charge is -2.62.